The lowest BCUT2D eigenvalue weighted by Crippen LogP contribution is -2.39. The summed E-state index contributed by atoms with van der Waals surface area (Å²) >= 11 is 0. The number of nitrogens with zero attached hydrogens (tertiary/aromatic N) is 3. The van der Waals surface area contributed by atoms with Crippen LogP contribution in [-0.4, -0.2) is 46.5 Å². The Kier molecular flexibility index (Phi) is 3.46. The molecule has 4 rings (SSSR count). The maximum Gasteiger partial charge on any atom is 0.257 e. The highest BCUT2D eigenvalue weighted by Gasteiger charge is 2.40. The van der Waals surface area contributed by atoms with Crippen LogP contribution in [0, 0.1) is 5.92 Å². The van der Waals surface area contributed by atoms with Gasteiger partial charge in [0.1, 0.15) is 0 Å². The summed E-state index contributed by atoms with van der Waals surface area (Å²) in [7, 11) is 0. The zero-order chi connectivity index (χ0) is 15.8. The maximum atomic E-state index is 13.1. The van der Waals surface area contributed by atoms with Gasteiger partial charge in [-0.2, -0.15) is 0 Å². The van der Waals surface area contributed by atoms with Gasteiger partial charge in [-0.05, 0) is 12.3 Å². The number of carbonyl (C=O) groups excluding carboxylic acids is 1. The van der Waals surface area contributed by atoms with Gasteiger partial charge < -0.3 is 16.0 Å². The number of nitrogens with two attached hydrogens (primary N) is 1. The van der Waals surface area contributed by atoms with Gasteiger partial charge in [0.05, 0.1) is 11.3 Å². The molecule has 118 valence electrons. The minimum atomic E-state index is 0.0000491. The van der Waals surface area contributed by atoms with Crippen molar-refractivity contribution in [1.82, 2.24) is 20.2 Å². The van der Waals surface area contributed by atoms with Crippen LogP contribution < -0.4 is 11.1 Å². The first kappa shape index (κ1) is 14.1. The van der Waals surface area contributed by atoms with Crippen molar-refractivity contribution < 1.29 is 4.79 Å². The van der Waals surface area contributed by atoms with Crippen LogP contribution in [0.4, 0.5) is 5.95 Å². The molecular weight excluding hydrogens is 290 g/mol. The Balaban J connectivity index is 1.73. The summed E-state index contributed by atoms with van der Waals surface area (Å²) in [5.41, 5.74) is 7.76. The first-order valence-electron chi connectivity index (χ1n) is 7.93. The second-order valence-electron chi connectivity index (χ2n) is 6.13. The Bertz CT molecular complexity index is 733. The Labute approximate surface area is 134 Å². The van der Waals surface area contributed by atoms with E-state index in [1.165, 1.54) is 0 Å². The molecule has 2 aromatic rings. The number of nitrogen functional groups attached to an aromatic ring is 1. The van der Waals surface area contributed by atoms with E-state index in [1.54, 1.807) is 6.20 Å². The van der Waals surface area contributed by atoms with Gasteiger partial charge in [-0.1, -0.05) is 30.3 Å². The van der Waals surface area contributed by atoms with Crippen molar-refractivity contribution in [1.29, 1.82) is 0 Å². The van der Waals surface area contributed by atoms with Gasteiger partial charge in [0.25, 0.3) is 5.91 Å². The summed E-state index contributed by atoms with van der Waals surface area (Å²) in [6, 6.07) is 9.93. The Hall–Kier alpha value is -2.47. The van der Waals surface area contributed by atoms with E-state index >= 15 is 0 Å². The molecule has 0 aliphatic carbocycles. The molecule has 0 spiro atoms. The molecule has 2 aliphatic rings. The predicted molar refractivity (Wildman–Crippen MR) is 87.7 cm³/mol. The average Bonchev–Trinajstić information content (AvgIpc) is 3.18. The van der Waals surface area contributed by atoms with E-state index in [4.69, 9.17) is 5.73 Å². The zero-order valence-electron chi connectivity index (χ0n) is 12.8. The molecule has 2 atom stereocenters. The average molecular weight is 309 g/mol. The van der Waals surface area contributed by atoms with E-state index in [9.17, 15) is 4.79 Å². The van der Waals surface area contributed by atoms with Crippen LogP contribution >= 0.6 is 0 Å². The fourth-order valence-electron chi connectivity index (χ4n) is 3.62. The molecule has 2 unspecified atom stereocenters. The second kappa shape index (κ2) is 5.62. The Morgan fingerprint density at radius 3 is 2.91 bits per heavy atom. The van der Waals surface area contributed by atoms with Crippen molar-refractivity contribution in [2.45, 2.75) is 12.5 Å². The minimum absolute atomic E-state index is 0.0000491. The van der Waals surface area contributed by atoms with Crippen molar-refractivity contribution >= 4 is 11.9 Å². The minimum Gasteiger partial charge on any atom is -0.368 e. The molecule has 3 N–H and O–H groups in total. The highest BCUT2D eigenvalue weighted by molar-refractivity contribution is 6.00. The number of amides is 1. The lowest BCUT2D eigenvalue weighted by atomic mass is 10.0. The number of fused-ring (bicyclic) bond motifs is 1. The van der Waals surface area contributed by atoms with Crippen molar-refractivity contribution in [3.63, 3.8) is 0 Å². The molecule has 6 heteroatoms. The first-order valence-corrected chi connectivity index (χ1v) is 7.93. The van der Waals surface area contributed by atoms with Gasteiger partial charge in [-0.25, -0.2) is 9.97 Å². The number of likely N-dealkylation sites (tertiary alicyclic amines) is 1. The molecule has 23 heavy (non-hydrogen) atoms. The van der Waals surface area contributed by atoms with Crippen LogP contribution in [0.15, 0.2) is 36.5 Å². The molecule has 2 fully saturated rings. The van der Waals surface area contributed by atoms with Crippen LogP contribution in [0.3, 0.4) is 0 Å². The standard InChI is InChI=1S/C17H19N5O/c18-17-20-9-13(15(21-17)11-4-2-1-3-5-11)16(23)22-7-6-12-8-19-10-14(12)22/h1-5,9,12,14,19H,6-8,10H2,(H2,18,20,21). The summed E-state index contributed by atoms with van der Waals surface area (Å²) in [5, 5.41) is 3.37. The SMILES string of the molecule is Nc1ncc(C(=O)N2CCC3CNCC32)c(-c2ccccc2)n1. The molecule has 0 saturated carbocycles. The number of hydrogen-bond acceptors (Lipinski definition) is 5. The molecule has 1 aromatic carbocycles. The third kappa shape index (κ3) is 2.45. The van der Waals surface area contributed by atoms with Crippen LogP contribution in [0.25, 0.3) is 11.3 Å². The van der Waals surface area contributed by atoms with Crippen molar-refractivity contribution in [2.75, 3.05) is 25.4 Å². The van der Waals surface area contributed by atoms with Gasteiger partial charge in [-0.3, -0.25) is 4.79 Å². The lowest BCUT2D eigenvalue weighted by molar-refractivity contribution is 0.0737. The topological polar surface area (TPSA) is 84.1 Å². The number of anilines is 1. The Morgan fingerprint density at radius 1 is 1.26 bits per heavy atom. The summed E-state index contributed by atoms with van der Waals surface area (Å²) in [5.74, 6) is 0.746. The molecule has 6 nitrogen and oxygen atoms in total. The molecule has 3 heterocycles. The van der Waals surface area contributed by atoms with Crippen LogP contribution in [0.1, 0.15) is 16.8 Å². The third-order valence-electron chi connectivity index (χ3n) is 4.79. The highest BCUT2D eigenvalue weighted by atomic mass is 16.2. The van der Waals surface area contributed by atoms with Crippen LogP contribution in [-0.2, 0) is 0 Å². The number of carbonyl (C=O) groups is 1. The predicted octanol–water partition coefficient (Wildman–Crippen LogP) is 1.16. The fraction of sp³-hybridized carbons (Fsp3) is 0.353. The van der Waals surface area contributed by atoms with Crippen LogP contribution in [0.2, 0.25) is 0 Å². The maximum absolute atomic E-state index is 13.1. The van der Waals surface area contributed by atoms with Gasteiger partial charge in [-0.15, -0.1) is 0 Å². The number of hydrogen-bond donors (Lipinski definition) is 2. The van der Waals surface area contributed by atoms with Gasteiger partial charge in [0.15, 0.2) is 0 Å². The molecule has 0 radical (unpaired) electrons. The second-order valence-corrected chi connectivity index (χ2v) is 6.13. The molecule has 1 amide bonds. The summed E-state index contributed by atoms with van der Waals surface area (Å²) in [4.78, 5) is 23.4. The van der Waals surface area contributed by atoms with E-state index in [2.05, 4.69) is 15.3 Å². The summed E-state index contributed by atoms with van der Waals surface area (Å²) in [6.45, 7) is 2.67. The third-order valence-corrected chi connectivity index (χ3v) is 4.79. The molecule has 2 aliphatic heterocycles. The zero-order valence-corrected chi connectivity index (χ0v) is 12.8. The molecule has 1 aromatic heterocycles. The van der Waals surface area contributed by atoms with Gasteiger partial charge >= 0.3 is 0 Å². The number of benzene rings is 1. The summed E-state index contributed by atoms with van der Waals surface area (Å²) in [6.07, 6.45) is 2.61. The van der Waals surface area contributed by atoms with E-state index in [0.717, 1.165) is 31.6 Å². The van der Waals surface area contributed by atoms with Gasteiger partial charge in [0, 0.05) is 37.4 Å². The smallest absolute Gasteiger partial charge is 0.257 e. The van der Waals surface area contributed by atoms with Crippen molar-refractivity contribution in [2.24, 2.45) is 5.92 Å². The highest BCUT2D eigenvalue weighted by Crippen LogP contribution is 2.30. The fourth-order valence-corrected chi connectivity index (χ4v) is 3.62. The number of aromatic nitrogens is 2. The molecule has 2 saturated heterocycles. The van der Waals surface area contributed by atoms with Crippen LogP contribution in [0.5, 0.6) is 0 Å². The molecular formula is C17H19N5O. The molecule has 0 bridgehead atoms. The largest absolute Gasteiger partial charge is 0.368 e. The van der Waals surface area contributed by atoms with Gasteiger partial charge in [0.2, 0.25) is 5.95 Å². The van der Waals surface area contributed by atoms with E-state index in [1.807, 2.05) is 35.2 Å². The number of nitrogens with one attached hydrogen (secondary N) is 1. The van der Waals surface area contributed by atoms with E-state index < -0.39 is 0 Å². The first-order chi connectivity index (χ1) is 11.2. The quantitative estimate of drug-likeness (QED) is 0.869. The van der Waals surface area contributed by atoms with E-state index in [0.29, 0.717) is 17.2 Å². The van der Waals surface area contributed by atoms with E-state index in [-0.39, 0.29) is 17.9 Å². The number of rotatable bonds is 2. The summed E-state index contributed by atoms with van der Waals surface area (Å²) < 4.78 is 0. The van der Waals surface area contributed by atoms with Crippen molar-refractivity contribution in [3.05, 3.63) is 42.1 Å². The van der Waals surface area contributed by atoms with Crippen molar-refractivity contribution in [3.8, 4) is 11.3 Å². The lowest BCUT2D eigenvalue weighted by Gasteiger charge is -2.24. The monoisotopic (exact) mass is 309 g/mol. The Morgan fingerprint density at radius 2 is 2.09 bits per heavy atom. The normalized spacial score (nSPS) is 23.0.